The molecule has 0 radical (unpaired) electrons. The van der Waals surface area contributed by atoms with Crippen LogP contribution in [0.25, 0.3) is 0 Å². The van der Waals surface area contributed by atoms with E-state index in [0.717, 1.165) is 10.5 Å². The average Bonchev–Trinajstić information content (AvgIpc) is 3.22. The van der Waals surface area contributed by atoms with E-state index in [2.05, 4.69) is 10.6 Å². The topological polar surface area (TPSA) is 97.0 Å². The first-order valence-electron chi connectivity index (χ1n) is 12.9. The van der Waals surface area contributed by atoms with E-state index < -0.39 is 41.7 Å². The Morgan fingerprint density at radius 1 is 1.05 bits per heavy atom. The lowest BCUT2D eigenvalue weighted by atomic mass is 9.91. The molecule has 4 rings (SSSR count). The Bertz CT molecular complexity index is 1320. The first-order valence-corrected chi connectivity index (χ1v) is 12.9. The second kappa shape index (κ2) is 12.5. The molecule has 9 heteroatoms. The quantitative estimate of drug-likeness (QED) is 0.269. The van der Waals surface area contributed by atoms with Crippen LogP contribution < -0.4 is 15.4 Å². The zero-order chi connectivity index (χ0) is 27.9. The number of hydrogen-bond acceptors (Lipinski definition) is 5. The number of benzene rings is 3. The monoisotopic (exact) mass is 533 g/mol. The lowest BCUT2D eigenvalue weighted by Crippen LogP contribution is -2.50. The zero-order valence-corrected chi connectivity index (χ0v) is 22.1. The van der Waals surface area contributed by atoms with Gasteiger partial charge in [-0.25, -0.2) is 14.1 Å². The van der Waals surface area contributed by atoms with Gasteiger partial charge in [0.05, 0.1) is 12.3 Å². The fraction of sp³-hybridized carbons (Fsp3) is 0.300. The van der Waals surface area contributed by atoms with Gasteiger partial charge in [-0.1, -0.05) is 55.5 Å². The Morgan fingerprint density at radius 3 is 2.44 bits per heavy atom. The predicted molar refractivity (Wildman–Crippen MR) is 145 cm³/mol. The summed E-state index contributed by atoms with van der Waals surface area (Å²) in [6, 6.07) is 17.4. The van der Waals surface area contributed by atoms with Gasteiger partial charge in [0.15, 0.2) is 0 Å². The van der Waals surface area contributed by atoms with Gasteiger partial charge < -0.3 is 20.1 Å². The molecule has 39 heavy (non-hydrogen) atoms. The fourth-order valence-electron chi connectivity index (χ4n) is 4.54. The third-order valence-electron chi connectivity index (χ3n) is 6.61. The number of halogens is 1. The van der Waals surface area contributed by atoms with Crippen molar-refractivity contribution in [2.75, 3.05) is 25.1 Å². The van der Waals surface area contributed by atoms with E-state index in [1.54, 1.807) is 44.2 Å². The Hall–Kier alpha value is -4.24. The van der Waals surface area contributed by atoms with Crippen molar-refractivity contribution in [3.8, 4) is 5.75 Å². The summed E-state index contributed by atoms with van der Waals surface area (Å²) in [5.74, 6) is -1.82. The minimum Gasteiger partial charge on any atom is -0.491 e. The van der Waals surface area contributed by atoms with Crippen LogP contribution in [0.15, 0.2) is 72.8 Å². The van der Waals surface area contributed by atoms with E-state index in [1.165, 1.54) is 12.1 Å². The molecule has 4 amide bonds. The average molecular weight is 534 g/mol. The molecule has 3 aromatic carbocycles. The van der Waals surface area contributed by atoms with Gasteiger partial charge in [0.25, 0.3) is 5.91 Å². The highest BCUT2D eigenvalue weighted by molar-refractivity contribution is 6.10. The maximum Gasteiger partial charge on any atom is 0.325 e. The maximum atomic E-state index is 14.6. The molecule has 0 aliphatic carbocycles. The van der Waals surface area contributed by atoms with Gasteiger partial charge in [-0.15, -0.1) is 0 Å². The molecule has 0 saturated carbocycles. The van der Waals surface area contributed by atoms with Crippen molar-refractivity contribution in [1.82, 2.24) is 10.2 Å². The molecule has 204 valence electrons. The molecule has 1 aliphatic rings. The van der Waals surface area contributed by atoms with Gasteiger partial charge in [-0.05, 0) is 54.8 Å². The molecule has 2 N–H and O–H groups in total. The number of hydrogen-bond donors (Lipinski definition) is 2. The molecule has 3 atom stereocenters. The molecular weight excluding hydrogens is 501 g/mol. The normalized spacial score (nSPS) is 16.5. The smallest absolute Gasteiger partial charge is 0.325 e. The van der Waals surface area contributed by atoms with E-state index in [0.29, 0.717) is 36.7 Å². The molecule has 0 aromatic heterocycles. The Balaban J connectivity index is 1.59. The predicted octanol–water partition coefficient (Wildman–Crippen LogP) is 4.95. The van der Waals surface area contributed by atoms with Crippen LogP contribution in [0.3, 0.4) is 0 Å². The second-order valence-electron chi connectivity index (χ2n) is 9.32. The molecule has 1 aliphatic heterocycles. The number of amides is 4. The van der Waals surface area contributed by atoms with Crippen LogP contribution in [0.2, 0.25) is 0 Å². The third-order valence-corrected chi connectivity index (χ3v) is 6.61. The van der Waals surface area contributed by atoms with Gasteiger partial charge in [0.2, 0.25) is 5.91 Å². The summed E-state index contributed by atoms with van der Waals surface area (Å²) in [4.78, 5) is 41.4. The number of carbonyl (C=O) groups excluding carboxylic acids is 3. The minimum atomic E-state index is -1.23. The molecule has 0 bridgehead atoms. The molecule has 0 spiro atoms. The van der Waals surface area contributed by atoms with Crippen molar-refractivity contribution < 1.29 is 28.2 Å². The Labute approximate surface area is 227 Å². The second-order valence-corrected chi connectivity index (χ2v) is 9.32. The number of nitrogens with one attached hydrogen (secondary N) is 2. The number of rotatable bonds is 11. The minimum absolute atomic E-state index is 0.0283. The molecule has 8 nitrogen and oxygen atoms in total. The molecule has 1 saturated heterocycles. The van der Waals surface area contributed by atoms with Crippen LogP contribution in [-0.2, 0) is 14.3 Å². The van der Waals surface area contributed by atoms with E-state index in [4.69, 9.17) is 9.47 Å². The number of aryl methyl sites for hydroxylation is 1. The standard InChI is InChI=1S/C30H32FN3O5/c1-4-38-16-17-39-23-13-11-22(12-14-23)26-29(36)34(30(37)33-26)27(20(3)21-8-6-5-7-9-21)28(35)32-25-15-10-19(2)18-24(25)31/h5-15,18,20,26-27H,4,16-17H2,1-3H3,(H,32,35)(H,33,37)/t20?,26-,27?/m1/s1. The van der Waals surface area contributed by atoms with E-state index >= 15 is 0 Å². The van der Waals surface area contributed by atoms with Crippen molar-refractivity contribution >= 4 is 23.5 Å². The van der Waals surface area contributed by atoms with Gasteiger partial charge >= 0.3 is 6.03 Å². The fourth-order valence-corrected chi connectivity index (χ4v) is 4.54. The Kier molecular flexibility index (Phi) is 8.93. The summed E-state index contributed by atoms with van der Waals surface area (Å²) >= 11 is 0. The van der Waals surface area contributed by atoms with Crippen molar-refractivity contribution in [1.29, 1.82) is 0 Å². The highest BCUT2D eigenvalue weighted by Crippen LogP contribution is 2.32. The van der Waals surface area contributed by atoms with Gasteiger partial charge in [0.1, 0.15) is 30.3 Å². The highest BCUT2D eigenvalue weighted by atomic mass is 19.1. The number of nitrogens with zero attached hydrogens (tertiary/aromatic N) is 1. The molecule has 1 fully saturated rings. The summed E-state index contributed by atoms with van der Waals surface area (Å²) in [6.07, 6.45) is 0. The largest absolute Gasteiger partial charge is 0.491 e. The SMILES string of the molecule is CCOCCOc1ccc([C@H]2NC(=O)N(C(C(=O)Nc3ccc(C)cc3F)C(C)c3ccccc3)C2=O)cc1. The first-order chi connectivity index (χ1) is 18.8. The number of anilines is 1. The summed E-state index contributed by atoms with van der Waals surface area (Å²) in [5, 5.41) is 5.28. The maximum absolute atomic E-state index is 14.6. The lowest BCUT2D eigenvalue weighted by molar-refractivity contribution is -0.134. The van der Waals surface area contributed by atoms with Crippen LogP contribution in [-0.4, -0.2) is 48.6 Å². The molecular formula is C30H32FN3O5. The van der Waals surface area contributed by atoms with E-state index in [9.17, 15) is 18.8 Å². The summed E-state index contributed by atoms with van der Waals surface area (Å²) in [7, 11) is 0. The van der Waals surface area contributed by atoms with Crippen LogP contribution in [0, 0.1) is 12.7 Å². The number of urea groups is 1. The van der Waals surface area contributed by atoms with Crippen molar-refractivity contribution in [2.45, 2.75) is 38.8 Å². The van der Waals surface area contributed by atoms with Crippen LogP contribution in [0.5, 0.6) is 5.75 Å². The zero-order valence-electron chi connectivity index (χ0n) is 22.1. The van der Waals surface area contributed by atoms with Gasteiger partial charge in [-0.3, -0.25) is 9.59 Å². The van der Waals surface area contributed by atoms with Gasteiger partial charge in [0, 0.05) is 12.5 Å². The van der Waals surface area contributed by atoms with Crippen molar-refractivity contribution in [3.63, 3.8) is 0 Å². The summed E-state index contributed by atoms with van der Waals surface area (Å²) in [6.45, 7) is 6.84. The third kappa shape index (κ3) is 6.43. The lowest BCUT2D eigenvalue weighted by Gasteiger charge is -2.30. The van der Waals surface area contributed by atoms with Crippen molar-refractivity contribution in [3.05, 3.63) is 95.3 Å². The van der Waals surface area contributed by atoms with E-state index in [1.807, 2.05) is 37.3 Å². The van der Waals surface area contributed by atoms with Crippen LogP contribution in [0.4, 0.5) is 14.9 Å². The van der Waals surface area contributed by atoms with Crippen LogP contribution >= 0.6 is 0 Å². The van der Waals surface area contributed by atoms with Gasteiger partial charge in [-0.2, -0.15) is 0 Å². The first kappa shape index (κ1) is 27.8. The molecule has 1 heterocycles. The Morgan fingerprint density at radius 2 is 1.77 bits per heavy atom. The number of carbonyl (C=O) groups is 3. The van der Waals surface area contributed by atoms with Crippen LogP contribution in [0.1, 0.15) is 42.5 Å². The number of imide groups is 1. The summed E-state index contributed by atoms with van der Waals surface area (Å²) < 4.78 is 25.5. The van der Waals surface area contributed by atoms with E-state index in [-0.39, 0.29) is 5.69 Å². The highest BCUT2D eigenvalue weighted by Gasteiger charge is 2.47. The molecule has 3 aromatic rings. The summed E-state index contributed by atoms with van der Waals surface area (Å²) in [5.41, 5.74) is 1.96. The molecule has 2 unspecified atom stereocenters. The number of ether oxygens (including phenoxy) is 2. The van der Waals surface area contributed by atoms with Crippen molar-refractivity contribution in [2.24, 2.45) is 0 Å².